The SMILES string of the molecule is CCc1ccc(-c2ccc(C(=O)O)nc2)cc1. The number of hydrogen-bond donors (Lipinski definition) is 1. The fourth-order valence-electron chi connectivity index (χ4n) is 1.62. The minimum Gasteiger partial charge on any atom is -0.477 e. The molecule has 1 aromatic heterocycles. The first-order valence-corrected chi connectivity index (χ1v) is 5.49. The number of pyridine rings is 1. The maximum atomic E-state index is 10.7. The molecule has 1 heterocycles. The molecule has 1 aromatic carbocycles. The van der Waals surface area contributed by atoms with E-state index in [0.717, 1.165) is 17.5 Å². The molecular formula is C14H13NO2. The summed E-state index contributed by atoms with van der Waals surface area (Å²) in [5, 5.41) is 8.75. The van der Waals surface area contributed by atoms with E-state index in [1.54, 1.807) is 12.3 Å². The van der Waals surface area contributed by atoms with Gasteiger partial charge in [-0.15, -0.1) is 0 Å². The Labute approximate surface area is 99.8 Å². The molecule has 0 atom stereocenters. The lowest BCUT2D eigenvalue weighted by atomic mass is 10.0. The van der Waals surface area contributed by atoms with Crippen LogP contribution in [0.1, 0.15) is 23.0 Å². The van der Waals surface area contributed by atoms with E-state index in [-0.39, 0.29) is 5.69 Å². The van der Waals surface area contributed by atoms with Gasteiger partial charge in [0.05, 0.1) is 0 Å². The van der Waals surface area contributed by atoms with Crippen LogP contribution in [0.25, 0.3) is 11.1 Å². The lowest BCUT2D eigenvalue weighted by molar-refractivity contribution is 0.0690. The number of carbonyl (C=O) groups is 1. The van der Waals surface area contributed by atoms with Crippen molar-refractivity contribution in [3.63, 3.8) is 0 Å². The van der Waals surface area contributed by atoms with E-state index < -0.39 is 5.97 Å². The summed E-state index contributed by atoms with van der Waals surface area (Å²) in [6.45, 7) is 2.11. The molecule has 0 amide bonds. The van der Waals surface area contributed by atoms with Crippen LogP contribution in [0.5, 0.6) is 0 Å². The Bertz CT molecular complexity index is 515. The van der Waals surface area contributed by atoms with Gasteiger partial charge in [0.15, 0.2) is 0 Å². The van der Waals surface area contributed by atoms with E-state index in [1.165, 1.54) is 11.6 Å². The largest absolute Gasteiger partial charge is 0.477 e. The maximum Gasteiger partial charge on any atom is 0.354 e. The van der Waals surface area contributed by atoms with E-state index in [4.69, 9.17) is 5.11 Å². The molecule has 0 bridgehead atoms. The van der Waals surface area contributed by atoms with Crippen LogP contribution in [0.2, 0.25) is 0 Å². The normalized spacial score (nSPS) is 10.2. The third kappa shape index (κ3) is 2.50. The quantitative estimate of drug-likeness (QED) is 0.876. The van der Waals surface area contributed by atoms with Crippen molar-refractivity contribution in [1.29, 1.82) is 0 Å². The van der Waals surface area contributed by atoms with Crippen LogP contribution < -0.4 is 0 Å². The molecule has 2 aromatic rings. The molecule has 0 spiro atoms. The number of aromatic carboxylic acids is 1. The van der Waals surface area contributed by atoms with Crippen LogP contribution in [0.4, 0.5) is 0 Å². The molecule has 17 heavy (non-hydrogen) atoms. The summed E-state index contributed by atoms with van der Waals surface area (Å²) in [5.74, 6) is -1.00. The van der Waals surface area contributed by atoms with E-state index in [0.29, 0.717) is 0 Å². The third-order valence-electron chi connectivity index (χ3n) is 2.68. The topological polar surface area (TPSA) is 50.2 Å². The van der Waals surface area contributed by atoms with Gasteiger partial charge in [0.1, 0.15) is 5.69 Å². The van der Waals surface area contributed by atoms with Gasteiger partial charge in [0.2, 0.25) is 0 Å². The zero-order valence-electron chi connectivity index (χ0n) is 9.55. The fourth-order valence-corrected chi connectivity index (χ4v) is 1.62. The lowest BCUT2D eigenvalue weighted by Gasteiger charge is -2.03. The number of benzene rings is 1. The molecule has 0 saturated carbocycles. The summed E-state index contributed by atoms with van der Waals surface area (Å²) in [7, 11) is 0. The molecule has 0 aliphatic heterocycles. The number of carboxylic acids is 1. The average molecular weight is 227 g/mol. The summed E-state index contributed by atoms with van der Waals surface area (Å²) < 4.78 is 0. The number of aryl methyl sites for hydroxylation is 1. The predicted molar refractivity (Wildman–Crippen MR) is 66.0 cm³/mol. The van der Waals surface area contributed by atoms with E-state index in [9.17, 15) is 4.79 Å². The Kier molecular flexibility index (Phi) is 3.19. The van der Waals surface area contributed by atoms with Crippen molar-refractivity contribution in [1.82, 2.24) is 4.98 Å². The van der Waals surface area contributed by atoms with Crippen molar-refractivity contribution in [3.8, 4) is 11.1 Å². The minimum atomic E-state index is -1.00. The second-order valence-electron chi connectivity index (χ2n) is 3.79. The van der Waals surface area contributed by atoms with Gasteiger partial charge in [0, 0.05) is 11.8 Å². The highest BCUT2D eigenvalue weighted by Gasteiger charge is 2.04. The number of aromatic nitrogens is 1. The molecular weight excluding hydrogens is 214 g/mol. The Morgan fingerprint density at radius 1 is 1.12 bits per heavy atom. The Morgan fingerprint density at radius 2 is 1.76 bits per heavy atom. The van der Waals surface area contributed by atoms with Crippen molar-refractivity contribution < 1.29 is 9.90 Å². The number of nitrogens with zero attached hydrogens (tertiary/aromatic N) is 1. The third-order valence-corrected chi connectivity index (χ3v) is 2.68. The van der Waals surface area contributed by atoms with E-state index in [1.807, 2.05) is 12.1 Å². The first-order valence-electron chi connectivity index (χ1n) is 5.49. The molecule has 1 N–H and O–H groups in total. The van der Waals surface area contributed by atoms with Crippen LogP contribution in [-0.2, 0) is 6.42 Å². The number of hydrogen-bond acceptors (Lipinski definition) is 2. The predicted octanol–water partition coefficient (Wildman–Crippen LogP) is 3.01. The molecule has 86 valence electrons. The van der Waals surface area contributed by atoms with E-state index in [2.05, 4.69) is 24.0 Å². The second kappa shape index (κ2) is 4.78. The highest BCUT2D eigenvalue weighted by atomic mass is 16.4. The van der Waals surface area contributed by atoms with Crippen molar-refractivity contribution in [2.75, 3.05) is 0 Å². The maximum absolute atomic E-state index is 10.7. The number of rotatable bonds is 3. The summed E-state index contributed by atoms with van der Waals surface area (Å²) in [6, 6.07) is 11.5. The molecule has 2 rings (SSSR count). The Hall–Kier alpha value is -2.16. The molecule has 0 saturated heterocycles. The van der Waals surface area contributed by atoms with Crippen molar-refractivity contribution in [2.45, 2.75) is 13.3 Å². The monoisotopic (exact) mass is 227 g/mol. The molecule has 0 aliphatic carbocycles. The second-order valence-corrected chi connectivity index (χ2v) is 3.79. The summed E-state index contributed by atoms with van der Waals surface area (Å²) in [5.41, 5.74) is 3.33. The molecule has 0 fully saturated rings. The van der Waals surface area contributed by atoms with Gasteiger partial charge in [-0.2, -0.15) is 0 Å². The molecule has 3 heteroatoms. The standard InChI is InChI=1S/C14H13NO2/c1-2-10-3-5-11(6-4-10)12-7-8-13(14(16)17)15-9-12/h3-9H,2H2,1H3,(H,16,17). The molecule has 0 aliphatic rings. The van der Waals surface area contributed by atoms with Gasteiger partial charge in [-0.05, 0) is 23.6 Å². The van der Waals surface area contributed by atoms with Crippen LogP contribution >= 0.6 is 0 Å². The van der Waals surface area contributed by atoms with Crippen LogP contribution in [0.15, 0.2) is 42.6 Å². The molecule has 0 radical (unpaired) electrons. The summed E-state index contributed by atoms with van der Waals surface area (Å²) >= 11 is 0. The van der Waals surface area contributed by atoms with Gasteiger partial charge >= 0.3 is 5.97 Å². The summed E-state index contributed by atoms with van der Waals surface area (Å²) in [6.07, 6.45) is 2.60. The average Bonchev–Trinajstić information content (AvgIpc) is 2.39. The smallest absolute Gasteiger partial charge is 0.354 e. The van der Waals surface area contributed by atoms with Gasteiger partial charge in [0.25, 0.3) is 0 Å². The van der Waals surface area contributed by atoms with Crippen LogP contribution in [-0.4, -0.2) is 16.1 Å². The van der Waals surface area contributed by atoms with E-state index >= 15 is 0 Å². The fraction of sp³-hybridized carbons (Fsp3) is 0.143. The Balaban J connectivity index is 2.29. The van der Waals surface area contributed by atoms with Crippen molar-refractivity contribution in [2.24, 2.45) is 0 Å². The van der Waals surface area contributed by atoms with Crippen molar-refractivity contribution >= 4 is 5.97 Å². The molecule has 3 nitrogen and oxygen atoms in total. The number of carboxylic acid groups (broad SMARTS) is 1. The highest BCUT2D eigenvalue weighted by Crippen LogP contribution is 2.19. The zero-order chi connectivity index (χ0) is 12.3. The van der Waals surface area contributed by atoms with Gasteiger partial charge in [-0.1, -0.05) is 37.3 Å². The lowest BCUT2D eigenvalue weighted by Crippen LogP contribution is -1.99. The highest BCUT2D eigenvalue weighted by molar-refractivity contribution is 5.85. The van der Waals surface area contributed by atoms with Gasteiger partial charge in [-0.3, -0.25) is 0 Å². The molecule has 0 unspecified atom stereocenters. The minimum absolute atomic E-state index is 0.0685. The first-order chi connectivity index (χ1) is 8.20. The van der Waals surface area contributed by atoms with Crippen LogP contribution in [0.3, 0.4) is 0 Å². The first kappa shape index (κ1) is 11.3. The Morgan fingerprint density at radius 3 is 2.24 bits per heavy atom. The van der Waals surface area contributed by atoms with Crippen LogP contribution in [0, 0.1) is 0 Å². The zero-order valence-corrected chi connectivity index (χ0v) is 9.55. The van der Waals surface area contributed by atoms with Crippen molar-refractivity contribution in [3.05, 3.63) is 53.9 Å². The van der Waals surface area contributed by atoms with Gasteiger partial charge in [-0.25, -0.2) is 9.78 Å². The summed E-state index contributed by atoms with van der Waals surface area (Å²) in [4.78, 5) is 14.6. The van der Waals surface area contributed by atoms with Gasteiger partial charge < -0.3 is 5.11 Å².